The minimum Gasteiger partial charge on any atom is -0.280 e. The van der Waals surface area contributed by atoms with E-state index >= 15 is 0 Å². The Bertz CT molecular complexity index is 438. The third-order valence-electron chi connectivity index (χ3n) is 1.30. The summed E-state index contributed by atoms with van der Waals surface area (Å²) in [6.45, 7) is -0.623. The average molecular weight is 245 g/mol. The SMILES string of the molecule is NS(=O)(=O)OCc1cc(C(F)(F)F)n[nH]1. The Kier molecular flexibility index (Phi) is 3.02. The first kappa shape index (κ1) is 11.9. The summed E-state index contributed by atoms with van der Waals surface area (Å²) >= 11 is 0. The van der Waals surface area contributed by atoms with Gasteiger partial charge >= 0.3 is 16.5 Å². The first-order valence-corrected chi connectivity index (χ1v) is 4.94. The number of hydrogen-bond acceptors (Lipinski definition) is 4. The first-order chi connectivity index (χ1) is 6.68. The van der Waals surface area contributed by atoms with E-state index in [1.54, 1.807) is 0 Å². The number of rotatable bonds is 3. The quantitative estimate of drug-likeness (QED) is 0.791. The molecule has 0 amide bonds. The number of nitrogens with one attached hydrogen (secondary N) is 1. The van der Waals surface area contributed by atoms with E-state index in [1.807, 2.05) is 5.10 Å². The van der Waals surface area contributed by atoms with E-state index in [0.29, 0.717) is 6.07 Å². The van der Waals surface area contributed by atoms with Crippen LogP contribution < -0.4 is 5.14 Å². The smallest absolute Gasteiger partial charge is 0.280 e. The van der Waals surface area contributed by atoms with Gasteiger partial charge in [0.15, 0.2) is 5.69 Å². The van der Waals surface area contributed by atoms with Crippen molar-refractivity contribution in [2.75, 3.05) is 0 Å². The fraction of sp³-hybridized carbons (Fsp3) is 0.400. The van der Waals surface area contributed by atoms with E-state index < -0.39 is 28.8 Å². The highest BCUT2D eigenvalue weighted by atomic mass is 32.2. The number of nitrogens with two attached hydrogens (primary N) is 1. The van der Waals surface area contributed by atoms with Crippen molar-refractivity contribution < 1.29 is 25.8 Å². The van der Waals surface area contributed by atoms with Gasteiger partial charge in [-0.2, -0.15) is 26.7 Å². The van der Waals surface area contributed by atoms with E-state index in [0.717, 1.165) is 0 Å². The highest BCUT2D eigenvalue weighted by molar-refractivity contribution is 7.84. The monoisotopic (exact) mass is 245 g/mol. The van der Waals surface area contributed by atoms with E-state index in [1.165, 1.54) is 0 Å². The molecule has 1 rings (SSSR count). The lowest BCUT2D eigenvalue weighted by atomic mass is 10.3. The van der Waals surface area contributed by atoms with Crippen LogP contribution in [0.4, 0.5) is 13.2 Å². The van der Waals surface area contributed by atoms with Crippen molar-refractivity contribution in [1.82, 2.24) is 10.2 Å². The number of aromatic nitrogens is 2. The number of H-pyrrole nitrogens is 1. The summed E-state index contributed by atoms with van der Waals surface area (Å²) in [5, 5.41) is 9.36. The molecule has 0 aliphatic rings. The topological polar surface area (TPSA) is 98.1 Å². The molecule has 0 fully saturated rings. The molecule has 0 aliphatic heterocycles. The van der Waals surface area contributed by atoms with Gasteiger partial charge in [-0.05, 0) is 6.07 Å². The normalized spacial score (nSPS) is 13.1. The third-order valence-corrected chi connectivity index (χ3v) is 1.75. The van der Waals surface area contributed by atoms with Gasteiger partial charge in [0.25, 0.3) is 0 Å². The van der Waals surface area contributed by atoms with Crippen molar-refractivity contribution in [3.8, 4) is 0 Å². The van der Waals surface area contributed by atoms with Crippen molar-refractivity contribution in [2.45, 2.75) is 12.8 Å². The first-order valence-electron chi connectivity index (χ1n) is 3.47. The third kappa shape index (κ3) is 3.85. The Balaban J connectivity index is 2.70. The molecular weight excluding hydrogens is 239 g/mol. The number of halogens is 3. The van der Waals surface area contributed by atoms with Crippen LogP contribution in [0.1, 0.15) is 11.4 Å². The van der Waals surface area contributed by atoms with Crippen LogP contribution in [0.3, 0.4) is 0 Å². The van der Waals surface area contributed by atoms with Crippen LogP contribution in [-0.4, -0.2) is 18.6 Å². The summed E-state index contributed by atoms with van der Waals surface area (Å²) in [5.41, 5.74) is -1.30. The molecule has 0 aliphatic carbocycles. The van der Waals surface area contributed by atoms with Crippen molar-refractivity contribution in [3.05, 3.63) is 17.5 Å². The fourth-order valence-corrected chi connectivity index (χ4v) is 1.02. The van der Waals surface area contributed by atoms with Crippen LogP contribution >= 0.6 is 0 Å². The number of nitrogens with zero attached hydrogens (tertiary/aromatic N) is 1. The Labute approximate surface area is 82.5 Å². The fourth-order valence-electron chi connectivity index (χ4n) is 0.726. The molecular formula is C5H6F3N3O3S. The average Bonchev–Trinajstić information content (AvgIpc) is 2.45. The Morgan fingerprint density at radius 2 is 2.13 bits per heavy atom. The van der Waals surface area contributed by atoms with Gasteiger partial charge in [0.2, 0.25) is 0 Å². The second-order valence-corrected chi connectivity index (χ2v) is 3.75. The maximum atomic E-state index is 12.0. The van der Waals surface area contributed by atoms with Crippen LogP contribution in [0.15, 0.2) is 6.07 Å². The molecule has 1 aromatic heterocycles. The predicted molar refractivity (Wildman–Crippen MR) is 41.5 cm³/mol. The molecule has 10 heteroatoms. The molecule has 0 bridgehead atoms. The highest BCUT2D eigenvalue weighted by Crippen LogP contribution is 2.27. The molecule has 0 aromatic carbocycles. The lowest BCUT2D eigenvalue weighted by molar-refractivity contribution is -0.141. The number of hydrogen-bond donors (Lipinski definition) is 2. The lowest BCUT2D eigenvalue weighted by Gasteiger charge is -1.99. The molecule has 0 saturated carbocycles. The minimum atomic E-state index is -4.59. The molecule has 86 valence electrons. The van der Waals surface area contributed by atoms with Crippen LogP contribution in [0, 0.1) is 0 Å². The molecule has 0 saturated heterocycles. The van der Waals surface area contributed by atoms with Gasteiger partial charge in [-0.25, -0.2) is 5.14 Å². The van der Waals surface area contributed by atoms with Gasteiger partial charge in [-0.3, -0.25) is 9.28 Å². The van der Waals surface area contributed by atoms with E-state index in [4.69, 9.17) is 0 Å². The van der Waals surface area contributed by atoms with Gasteiger partial charge in [0.1, 0.15) is 6.61 Å². The molecule has 15 heavy (non-hydrogen) atoms. The molecule has 3 N–H and O–H groups in total. The standard InChI is InChI=1S/C5H6F3N3O3S/c6-5(7,8)4-1-3(10-11-4)2-14-15(9,12)13/h1H,2H2,(H,10,11)(H2,9,12,13). The van der Waals surface area contributed by atoms with Crippen LogP contribution in [-0.2, 0) is 27.3 Å². The molecule has 0 radical (unpaired) electrons. The summed E-state index contributed by atoms with van der Waals surface area (Å²) in [7, 11) is -4.18. The molecule has 1 aromatic rings. The van der Waals surface area contributed by atoms with E-state index in [2.05, 4.69) is 14.4 Å². The molecule has 0 atom stereocenters. The van der Waals surface area contributed by atoms with Crippen molar-refractivity contribution in [1.29, 1.82) is 0 Å². The summed E-state index contributed by atoms with van der Waals surface area (Å²) in [6.07, 6.45) is -4.59. The number of aromatic amines is 1. The van der Waals surface area contributed by atoms with Gasteiger partial charge in [-0.15, -0.1) is 0 Å². The molecule has 0 spiro atoms. The predicted octanol–water partition coefficient (Wildman–Crippen LogP) is 0.149. The summed E-state index contributed by atoms with van der Waals surface area (Å²) in [6, 6.07) is 0.630. The number of alkyl halides is 3. The van der Waals surface area contributed by atoms with Gasteiger partial charge in [0, 0.05) is 0 Å². The van der Waals surface area contributed by atoms with Crippen LogP contribution in [0.25, 0.3) is 0 Å². The van der Waals surface area contributed by atoms with Crippen LogP contribution in [0.5, 0.6) is 0 Å². The van der Waals surface area contributed by atoms with Gasteiger partial charge in [-0.1, -0.05) is 0 Å². The Hall–Kier alpha value is -1.13. The minimum absolute atomic E-state index is 0.142. The van der Waals surface area contributed by atoms with Crippen LogP contribution in [0.2, 0.25) is 0 Å². The van der Waals surface area contributed by atoms with Crippen molar-refractivity contribution >= 4 is 10.3 Å². The second kappa shape index (κ2) is 3.79. The van der Waals surface area contributed by atoms with Crippen molar-refractivity contribution in [2.24, 2.45) is 5.14 Å². The summed E-state index contributed by atoms with van der Waals surface area (Å²) < 4.78 is 60.7. The Morgan fingerprint density at radius 1 is 1.53 bits per heavy atom. The van der Waals surface area contributed by atoms with E-state index in [-0.39, 0.29) is 5.69 Å². The van der Waals surface area contributed by atoms with E-state index in [9.17, 15) is 21.6 Å². The molecule has 1 heterocycles. The van der Waals surface area contributed by atoms with Gasteiger partial charge in [0.05, 0.1) is 5.69 Å². The van der Waals surface area contributed by atoms with Gasteiger partial charge < -0.3 is 0 Å². The highest BCUT2D eigenvalue weighted by Gasteiger charge is 2.33. The van der Waals surface area contributed by atoms with Crippen molar-refractivity contribution in [3.63, 3.8) is 0 Å². The second-order valence-electron chi connectivity index (χ2n) is 2.53. The molecule has 6 nitrogen and oxygen atoms in total. The molecule has 0 unspecified atom stereocenters. The maximum absolute atomic E-state index is 12.0. The zero-order valence-electron chi connectivity index (χ0n) is 7.08. The maximum Gasteiger partial charge on any atom is 0.435 e. The Morgan fingerprint density at radius 3 is 2.53 bits per heavy atom. The summed E-state index contributed by atoms with van der Waals surface area (Å²) in [4.78, 5) is 0. The largest absolute Gasteiger partial charge is 0.435 e. The zero-order valence-corrected chi connectivity index (χ0v) is 7.89. The summed E-state index contributed by atoms with van der Waals surface area (Å²) in [5.74, 6) is 0. The lowest BCUT2D eigenvalue weighted by Crippen LogP contribution is -2.15. The zero-order chi connectivity index (χ0) is 11.7.